The first-order valence-corrected chi connectivity index (χ1v) is 6.57. The highest BCUT2D eigenvalue weighted by atomic mass is 35.5. The fourth-order valence-corrected chi connectivity index (χ4v) is 2.66. The van der Waals surface area contributed by atoms with Crippen molar-refractivity contribution in [2.24, 2.45) is 11.8 Å². The number of carbonyl (C=O) groups is 1. The van der Waals surface area contributed by atoms with Gasteiger partial charge in [-0.2, -0.15) is 0 Å². The van der Waals surface area contributed by atoms with E-state index in [-0.39, 0.29) is 17.4 Å². The average molecular weight is 230 g/mol. The highest BCUT2D eigenvalue weighted by Gasteiger charge is 2.44. The van der Waals surface area contributed by atoms with E-state index < -0.39 is 0 Å². The zero-order valence-electron chi connectivity index (χ0n) is 9.39. The van der Waals surface area contributed by atoms with Crippen LogP contribution in [0.2, 0.25) is 0 Å². The molecule has 15 heavy (non-hydrogen) atoms. The van der Waals surface area contributed by atoms with E-state index in [9.17, 15) is 4.79 Å². The van der Waals surface area contributed by atoms with Crippen LogP contribution in [0, 0.1) is 11.8 Å². The first-order chi connectivity index (χ1) is 7.15. The lowest BCUT2D eigenvalue weighted by atomic mass is 9.82. The van der Waals surface area contributed by atoms with Crippen molar-refractivity contribution in [2.75, 3.05) is 5.88 Å². The molecule has 0 aromatic carbocycles. The van der Waals surface area contributed by atoms with Gasteiger partial charge < -0.3 is 5.32 Å². The van der Waals surface area contributed by atoms with E-state index in [0.717, 1.165) is 31.6 Å². The van der Waals surface area contributed by atoms with Crippen LogP contribution in [0.25, 0.3) is 0 Å². The normalized spacial score (nSPS) is 33.5. The second-order valence-electron chi connectivity index (χ2n) is 5.36. The van der Waals surface area contributed by atoms with Crippen molar-refractivity contribution in [3.63, 3.8) is 0 Å². The van der Waals surface area contributed by atoms with Crippen LogP contribution < -0.4 is 5.32 Å². The number of hydrogen-bond donors (Lipinski definition) is 1. The third-order valence-corrected chi connectivity index (χ3v) is 4.40. The number of rotatable bonds is 3. The molecular formula is C12H20ClNO. The summed E-state index contributed by atoms with van der Waals surface area (Å²) < 4.78 is 0. The predicted octanol–water partition coefficient (Wildman–Crippen LogP) is 2.70. The molecule has 2 aliphatic carbocycles. The second-order valence-corrected chi connectivity index (χ2v) is 5.63. The fourth-order valence-electron chi connectivity index (χ4n) is 2.33. The van der Waals surface area contributed by atoms with E-state index in [1.165, 1.54) is 12.8 Å². The summed E-state index contributed by atoms with van der Waals surface area (Å²) in [4.78, 5) is 11.9. The molecule has 0 aliphatic heterocycles. The average Bonchev–Trinajstić information content (AvgIpc) is 2.99. The van der Waals surface area contributed by atoms with Crippen molar-refractivity contribution in [2.45, 2.75) is 51.0 Å². The topological polar surface area (TPSA) is 29.1 Å². The van der Waals surface area contributed by atoms with E-state index in [1.807, 2.05) is 0 Å². The maximum Gasteiger partial charge on any atom is 0.223 e. The second kappa shape index (κ2) is 4.32. The summed E-state index contributed by atoms with van der Waals surface area (Å²) in [5.41, 5.74) is -0.0261. The molecule has 3 heteroatoms. The maximum absolute atomic E-state index is 11.9. The standard InChI is InChI=1S/C12H20ClNO/c1-9-2-4-10(5-3-9)11(15)14-12(8-13)6-7-12/h9-10H,2-8H2,1H3,(H,14,15). The minimum Gasteiger partial charge on any atom is -0.349 e. The summed E-state index contributed by atoms with van der Waals surface area (Å²) in [5, 5.41) is 3.13. The van der Waals surface area contributed by atoms with Crippen LogP contribution in [0.3, 0.4) is 0 Å². The molecular weight excluding hydrogens is 210 g/mol. The van der Waals surface area contributed by atoms with Crippen molar-refractivity contribution < 1.29 is 4.79 Å². The summed E-state index contributed by atoms with van der Waals surface area (Å²) in [6.07, 6.45) is 6.64. The molecule has 0 spiro atoms. The molecule has 0 heterocycles. The first kappa shape index (κ1) is 11.3. The van der Waals surface area contributed by atoms with Gasteiger partial charge in [0.25, 0.3) is 0 Å². The van der Waals surface area contributed by atoms with Gasteiger partial charge in [-0.25, -0.2) is 0 Å². The molecule has 2 rings (SSSR count). The van der Waals surface area contributed by atoms with Gasteiger partial charge in [-0.1, -0.05) is 6.92 Å². The molecule has 2 saturated carbocycles. The Balaban J connectivity index is 1.81. The molecule has 0 unspecified atom stereocenters. The molecule has 0 radical (unpaired) electrons. The van der Waals surface area contributed by atoms with Gasteiger partial charge in [0, 0.05) is 11.8 Å². The third-order valence-electron chi connectivity index (χ3n) is 3.88. The number of hydrogen-bond acceptors (Lipinski definition) is 1. The van der Waals surface area contributed by atoms with Gasteiger partial charge in [0.15, 0.2) is 0 Å². The van der Waals surface area contributed by atoms with Crippen LogP contribution in [0.15, 0.2) is 0 Å². The Labute approximate surface area is 96.8 Å². The van der Waals surface area contributed by atoms with Crippen molar-refractivity contribution in [3.05, 3.63) is 0 Å². The van der Waals surface area contributed by atoms with Crippen LogP contribution in [-0.2, 0) is 4.79 Å². The Hall–Kier alpha value is -0.240. The number of alkyl halides is 1. The molecule has 1 amide bonds. The zero-order valence-corrected chi connectivity index (χ0v) is 10.1. The molecule has 1 N–H and O–H groups in total. The molecule has 0 atom stereocenters. The van der Waals surface area contributed by atoms with Gasteiger partial charge in [0.1, 0.15) is 0 Å². The lowest BCUT2D eigenvalue weighted by Crippen LogP contribution is -2.42. The number of nitrogens with one attached hydrogen (secondary N) is 1. The molecule has 2 fully saturated rings. The molecule has 2 nitrogen and oxygen atoms in total. The largest absolute Gasteiger partial charge is 0.349 e. The van der Waals surface area contributed by atoms with Crippen LogP contribution in [0.1, 0.15) is 45.4 Å². The molecule has 86 valence electrons. The molecule has 0 bridgehead atoms. The molecule has 0 saturated heterocycles. The van der Waals surface area contributed by atoms with E-state index in [4.69, 9.17) is 11.6 Å². The Bertz CT molecular complexity index is 242. The van der Waals surface area contributed by atoms with Crippen LogP contribution in [0.4, 0.5) is 0 Å². The quantitative estimate of drug-likeness (QED) is 0.741. The van der Waals surface area contributed by atoms with Gasteiger partial charge in [-0.15, -0.1) is 11.6 Å². The minimum atomic E-state index is -0.0261. The van der Waals surface area contributed by atoms with E-state index in [0.29, 0.717) is 5.88 Å². The Morgan fingerprint density at radius 1 is 1.33 bits per heavy atom. The smallest absolute Gasteiger partial charge is 0.223 e. The van der Waals surface area contributed by atoms with Gasteiger partial charge in [0.05, 0.1) is 5.54 Å². The lowest BCUT2D eigenvalue weighted by molar-refractivity contribution is -0.127. The van der Waals surface area contributed by atoms with Gasteiger partial charge in [0.2, 0.25) is 5.91 Å². The first-order valence-electron chi connectivity index (χ1n) is 6.03. The van der Waals surface area contributed by atoms with Crippen molar-refractivity contribution in [3.8, 4) is 0 Å². The van der Waals surface area contributed by atoms with Gasteiger partial charge in [-0.3, -0.25) is 4.79 Å². The molecule has 2 aliphatic rings. The summed E-state index contributed by atoms with van der Waals surface area (Å²) in [7, 11) is 0. The maximum atomic E-state index is 11.9. The van der Waals surface area contributed by atoms with Crippen molar-refractivity contribution in [1.29, 1.82) is 0 Å². The Morgan fingerprint density at radius 2 is 1.93 bits per heavy atom. The Morgan fingerprint density at radius 3 is 2.40 bits per heavy atom. The van der Waals surface area contributed by atoms with Crippen molar-refractivity contribution in [1.82, 2.24) is 5.32 Å². The summed E-state index contributed by atoms with van der Waals surface area (Å²) >= 11 is 5.85. The van der Waals surface area contributed by atoms with Gasteiger partial charge in [-0.05, 0) is 44.4 Å². The number of carbonyl (C=O) groups excluding carboxylic acids is 1. The minimum absolute atomic E-state index is 0.0261. The monoisotopic (exact) mass is 229 g/mol. The highest BCUT2D eigenvalue weighted by Crippen LogP contribution is 2.37. The lowest BCUT2D eigenvalue weighted by Gasteiger charge is -2.27. The summed E-state index contributed by atoms with van der Waals surface area (Å²) in [5.74, 6) is 1.88. The predicted molar refractivity (Wildman–Crippen MR) is 61.9 cm³/mol. The van der Waals surface area contributed by atoms with Crippen LogP contribution in [0.5, 0.6) is 0 Å². The van der Waals surface area contributed by atoms with E-state index in [2.05, 4.69) is 12.2 Å². The van der Waals surface area contributed by atoms with E-state index in [1.54, 1.807) is 0 Å². The Kier molecular flexibility index (Phi) is 3.24. The fraction of sp³-hybridized carbons (Fsp3) is 0.917. The SMILES string of the molecule is CC1CCC(C(=O)NC2(CCl)CC2)CC1. The number of amides is 1. The van der Waals surface area contributed by atoms with E-state index >= 15 is 0 Å². The van der Waals surface area contributed by atoms with Crippen LogP contribution >= 0.6 is 11.6 Å². The molecule has 0 aromatic heterocycles. The number of halogens is 1. The van der Waals surface area contributed by atoms with Crippen LogP contribution in [-0.4, -0.2) is 17.3 Å². The molecule has 0 aromatic rings. The zero-order chi connectivity index (χ0) is 10.9. The van der Waals surface area contributed by atoms with Gasteiger partial charge >= 0.3 is 0 Å². The highest BCUT2D eigenvalue weighted by molar-refractivity contribution is 6.19. The summed E-state index contributed by atoms with van der Waals surface area (Å²) in [6, 6.07) is 0. The third kappa shape index (κ3) is 2.66. The van der Waals surface area contributed by atoms with Crippen molar-refractivity contribution >= 4 is 17.5 Å². The summed E-state index contributed by atoms with van der Waals surface area (Å²) in [6.45, 7) is 2.27.